The normalized spacial score (nSPS) is 16.3. The van der Waals surface area contributed by atoms with Crippen molar-refractivity contribution >= 4 is 35.0 Å². The molecule has 2 heterocycles. The van der Waals surface area contributed by atoms with Gasteiger partial charge < -0.3 is 9.15 Å². The number of carbonyl (C=O) groups excluding carboxylic acids is 3. The van der Waals surface area contributed by atoms with Crippen LogP contribution in [-0.4, -0.2) is 34.2 Å². The summed E-state index contributed by atoms with van der Waals surface area (Å²) in [5, 5.41) is -0.507. The van der Waals surface area contributed by atoms with Crippen LogP contribution >= 0.6 is 11.8 Å². The van der Waals surface area contributed by atoms with E-state index in [1.165, 1.54) is 6.08 Å². The van der Waals surface area contributed by atoms with Crippen LogP contribution in [0.1, 0.15) is 26.5 Å². The van der Waals surface area contributed by atoms with Crippen molar-refractivity contribution in [2.75, 3.05) is 6.54 Å². The molecular weight excluding hydrogens is 366 g/mol. The molecule has 1 saturated heterocycles. The molecule has 0 atom stereocenters. The van der Waals surface area contributed by atoms with Gasteiger partial charge in [0.1, 0.15) is 23.7 Å². The first-order valence-electron chi connectivity index (χ1n) is 8.35. The minimum atomic E-state index is -0.684. The highest BCUT2D eigenvalue weighted by molar-refractivity contribution is 8.18. The second kappa shape index (κ2) is 7.44. The Morgan fingerprint density at radius 3 is 2.52 bits per heavy atom. The van der Waals surface area contributed by atoms with E-state index < -0.39 is 29.3 Å². The molecule has 1 aromatic carbocycles. The van der Waals surface area contributed by atoms with Gasteiger partial charge in [0.15, 0.2) is 0 Å². The Morgan fingerprint density at radius 2 is 1.85 bits per heavy atom. The predicted molar refractivity (Wildman–Crippen MR) is 103 cm³/mol. The lowest BCUT2D eigenvalue weighted by molar-refractivity contribution is -0.156. The molecule has 3 rings (SSSR count). The Hall–Kier alpha value is -2.80. The number of rotatable bonds is 4. The maximum atomic E-state index is 12.5. The van der Waals surface area contributed by atoms with Gasteiger partial charge >= 0.3 is 5.97 Å². The van der Waals surface area contributed by atoms with E-state index >= 15 is 0 Å². The van der Waals surface area contributed by atoms with Gasteiger partial charge in [-0.25, -0.2) is 0 Å². The number of carbonyl (C=O) groups is 3. The molecule has 6 nitrogen and oxygen atoms in total. The van der Waals surface area contributed by atoms with Crippen LogP contribution in [0.25, 0.3) is 17.4 Å². The molecule has 0 unspecified atom stereocenters. The predicted octanol–water partition coefficient (Wildman–Crippen LogP) is 4.32. The van der Waals surface area contributed by atoms with Crippen molar-refractivity contribution < 1.29 is 23.5 Å². The molecule has 1 aliphatic rings. The molecule has 0 saturated carbocycles. The van der Waals surface area contributed by atoms with Crippen molar-refractivity contribution in [3.63, 3.8) is 0 Å². The van der Waals surface area contributed by atoms with Crippen LogP contribution in [0.15, 0.2) is 51.8 Å². The van der Waals surface area contributed by atoms with Crippen LogP contribution in [0.5, 0.6) is 0 Å². The number of imide groups is 1. The summed E-state index contributed by atoms with van der Waals surface area (Å²) in [6.45, 7) is 4.76. The van der Waals surface area contributed by atoms with Crippen LogP contribution in [0.3, 0.4) is 0 Å². The number of furan rings is 1. The third-order valence-corrected chi connectivity index (χ3v) is 4.45. The zero-order valence-corrected chi connectivity index (χ0v) is 16.0. The summed E-state index contributed by atoms with van der Waals surface area (Å²) in [6.07, 6.45) is 1.51. The average molecular weight is 385 g/mol. The highest BCUT2D eigenvalue weighted by Gasteiger charge is 2.37. The third-order valence-electron chi connectivity index (χ3n) is 3.54. The molecule has 1 aliphatic heterocycles. The summed E-state index contributed by atoms with van der Waals surface area (Å²) in [6, 6.07) is 13.1. The van der Waals surface area contributed by atoms with E-state index in [1.54, 1.807) is 32.9 Å². The second-order valence-corrected chi connectivity index (χ2v) is 7.92. The summed E-state index contributed by atoms with van der Waals surface area (Å²) in [7, 11) is 0. The molecule has 1 aromatic heterocycles. The molecule has 140 valence electrons. The van der Waals surface area contributed by atoms with E-state index in [0.29, 0.717) is 11.5 Å². The van der Waals surface area contributed by atoms with E-state index in [1.807, 2.05) is 30.3 Å². The first-order valence-corrected chi connectivity index (χ1v) is 9.17. The van der Waals surface area contributed by atoms with Crippen molar-refractivity contribution in [1.82, 2.24) is 4.90 Å². The van der Waals surface area contributed by atoms with Gasteiger partial charge in [0.2, 0.25) is 0 Å². The smallest absolute Gasteiger partial charge is 0.326 e. The first-order chi connectivity index (χ1) is 12.7. The lowest BCUT2D eigenvalue weighted by atomic mass is 10.2. The van der Waals surface area contributed by atoms with Crippen LogP contribution in [0.2, 0.25) is 0 Å². The van der Waals surface area contributed by atoms with Crippen LogP contribution in [0, 0.1) is 0 Å². The summed E-state index contributed by atoms with van der Waals surface area (Å²) < 4.78 is 10.9. The summed E-state index contributed by atoms with van der Waals surface area (Å²) in [5.74, 6) is -0.0459. The number of nitrogens with zero attached hydrogens (tertiary/aromatic N) is 1. The Morgan fingerprint density at radius 1 is 1.15 bits per heavy atom. The fourth-order valence-electron chi connectivity index (χ4n) is 2.46. The molecule has 0 bridgehead atoms. The monoisotopic (exact) mass is 385 g/mol. The molecule has 0 spiro atoms. The SMILES string of the molecule is CC(C)(C)OC(=O)CN1C(=O)SC(=Cc2ccc(-c3ccccc3)o2)C1=O. The van der Waals surface area contributed by atoms with Gasteiger partial charge in [0.05, 0.1) is 4.91 Å². The van der Waals surface area contributed by atoms with Crippen LogP contribution in [0.4, 0.5) is 4.79 Å². The van der Waals surface area contributed by atoms with Crippen LogP contribution < -0.4 is 0 Å². The lowest BCUT2D eigenvalue weighted by Crippen LogP contribution is -2.37. The lowest BCUT2D eigenvalue weighted by Gasteiger charge is -2.21. The molecule has 27 heavy (non-hydrogen) atoms. The van der Waals surface area contributed by atoms with E-state index in [4.69, 9.17) is 9.15 Å². The Kier molecular flexibility index (Phi) is 5.23. The molecule has 0 N–H and O–H groups in total. The van der Waals surface area contributed by atoms with E-state index in [-0.39, 0.29) is 4.91 Å². The second-order valence-electron chi connectivity index (χ2n) is 6.92. The number of thioether (sulfide) groups is 1. The molecule has 7 heteroatoms. The Labute approximate surface area is 161 Å². The van der Waals surface area contributed by atoms with Gasteiger partial charge in [-0.2, -0.15) is 0 Å². The Bertz CT molecular complexity index is 908. The fourth-order valence-corrected chi connectivity index (χ4v) is 3.27. The highest BCUT2D eigenvalue weighted by atomic mass is 32.2. The molecule has 0 radical (unpaired) electrons. The molecule has 0 aliphatic carbocycles. The number of esters is 1. The minimum absolute atomic E-state index is 0.206. The minimum Gasteiger partial charge on any atom is -0.459 e. The number of ether oxygens (including phenoxy) is 1. The highest BCUT2D eigenvalue weighted by Crippen LogP contribution is 2.33. The quantitative estimate of drug-likeness (QED) is 0.576. The molecular formula is C20H19NO5S. The zero-order chi connectivity index (χ0) is 19.6. The summed E-state index contributed by atoms with van der Waals surface area (Å²) >= 11 is 0.772. The maximum Gasteiger partial charge on any atom is 0.326 e. The molecule has 2 amide bonds. The average Bonchev–Trinajstić information content (AvgIpc) is 3.15. The van der Waals surface area contributed by atoms with Crippen molar-refractivity contribution in [2.45, 2.75) is 26.4 Å². The van der Waals surface area contributed by atoms with Crippen molar-refractivity contribution in [2.24, 2.45) is 0 Å². The van der Waals surface area contributed by atoms with Crippen LogP contribution in [-0.2, 0) is 14.3 Å². The zero-order valence-electron chi connectivity index (χ0n) is 15.2. The van der Waals surface area contributed by atoms with Crippen molar-refractivity contribution in [3.05, 3.63) is 53.1 Å². The van der Waals surface area contributed by atoms with E-state index in [0.717, 1.165) is 22.2 Å². The third kappa shape index (κ3) is 4.68. The van der Waals surface area contributed by atoms with Gasteiger partial charge in [-0.3, -0.25) is 19.3 Å². The van der Waals surface area contributed by atoms with Gasteiger partial charge in [0, 0.05) is 11.6 Å². The number of benzene rings is 1. The maximum absolute atomic E-state index is 12.5. The Balaban J connectivity index is 1.73. The van der Waals surface area contributed by atoms with Crippen molar-refractivity contribution in [1.29, 1.82) is 0 Å². The summed E-state index contributed by atoms with van der Waals surface area (Å²) in [5.41, 5.74) is 0.228. The fraction of sp³-hybridized carbons (Fsp3) is 0.250. The number of amides is 2. The number of hydrogen-bond acceptors (Lipinski definition) is 6. The van der Waals surface area contributed by atoms with Crippen molar-refractivity contribution in [3.8, 4) is 11.3 Å². The first kappa shape index (κ1) is 19.0. The topological polar surface area (TPSA) is 76.8 Å². The van der Waals surface area contributed by atoms with E-state index in [2.05, 4.69) is 0 Å². The molecule has 1 fully saturated rings. The molecule has 2 aromatic rings. The van der Waals surface area contributed by atoms with E-state index in [9.17, 15) is 14.4 Å². The summed E-state index contributed by atoms with van der Waals surface area (Å²) in [4.78, 5) is 37.6. The van der Waals surface area contributed by atoms with Gasteiger partial charge in [-0.05, 0) is 44.7 Å². The number of hydrogen-bond donors (Lipinski definition) is 0. The van der Waals surface area contributed by atoms with Gasteiger partial charge in [0.25, 0.3) is 11.1 Å². The van der Waals surface area contributed by atoms with Gasteiger partial charge in [-0.15, -0.1) is 0 Å². The standard InChI is InChI=1S/C20H19NO5S/c1-20(2,3)26-17(22)12-21-18(23)16(27-19(21)24)11-14-9-10-15(25-14)13-7-5-4-6-8-13/h4-11H,12H2,1-3H3. The van der Waals surface area contributed by atoms with Gasteiger partial charge in [-0.1, -0.05) is 30.3 Å². The largest absolute Gasteiger partial charge is 0.459 e.